The second-order valence-electron chi connectivity index (χ2n) is 28.1. The molecule has 0 aliphatic rings. The fourth-order valence-electron chi connectivity index (χ4n) is 12.9. The fraction of sp³-hybridized carbons (Fsp3) is 0.881. The van der Waals surface area contributed by atoms with E-state index in [0.29, 0.717) is 25.9 Å². The van der Waals surface area contributed by atoms with Gasteiger partial charge < -0.3 is 20.3 Å². The molecule has 1 amide bonds. The van der Waals surface area contributed by atoms with Gasteiger partial charge in [0.1, 0.15) is 0 Å². The summed E-state index contributed by atoms with van der Waals surface area (Å²) in [5, 5.41) is 23.4. The van der Waals surface area contributed by atoms with E-state index in [1.807, 2.05) is 0 Å². The molecule has 0 rings (SSSR count). The zero-order valence-electron chi connectivity index (χ0n) is 60.9. The Morgan fingerprint density at radius 3 is 0.856 bits per heavy atom. The molecule has 3 N–H and O–H groups in total. The second-order valence-corrected chi connectivity index (χ2v) is 28.1. The van der Waals surface area contributed by atoms with Crippen LogP contribution in [0.2, 0.25) is 0 Å². The van der Waals surface area contributed by atoms with E-state index >= 15 is 0 Å². The van der Waals surface area contributed by atoms with Crippen molar-refractivity contribution in [2.24, 2.45) is 0 Å². The lowest BCUT2D eigenvalue weighted by Crippen LogP contribution is -2.45. The Bertz CT molecular complexity index is 1500. The normalized spacial score (nSPS) is 12.7. The van der Waals surface area contributed by atoms with E-state index < -0.39 is 12.1 Å². The van der Waals surface area contributed by atoms with Crippen molar-refractivity contribution in [3.05, 3.63) is 48.6 Å². The molecular formula is C84H159NO5. The quantitative estimate of drug-likeness (QED) is 0.0320. The molecule has 6 heteroatoms. The molecule has 0 bridgehead atoms. The Morgan fingerprint density at radius 1 is 0.311 bits per heavy atom. The minimum atomic E-state index is -0.664. The predicted molar refractivity (Wildman–Crippen MR) is 398 cm³/mol. The van der Waals surface area contributed by atoms with Crippen molar-refractivity contribution in [1.29, 1.82) is 0 Å². The van der Waals surface area contributed by atoms with E-state index in [-0.39, 0.29) is 18.5 Å². The van der Waals surface area contributed by atoms with Gasteiger partial charge >= 0.3 is 5.97 Å². The molecule has 2 atom stereocenters. The molecular weight excluding hydrogens is 1100 g/mol. The minimum Gasteiger partial charge on any atom is -0.466 e. The SMILES string of the molecule is CCCCCC/C=C\C/C=C\CCCCCCCC(=O)OCCCCCCCCCCCCCCC/C=C\C/C=C\CCCCCCCCCCCCCCCCCCCC(=O)NC(CO)C(O)CCCCCCCCCCCCCCCCCCCCCC. The molecule has 6 nitrogen and oxygen atoms in total. The van der Waals surface area contributed by atoms with Crippen molar-refractivity contribution in [2.45, 2.75) is 463 Å². The highest BCUT2D eigenvalue weighted by atomic mass is 16.5. The highest BCUT2D eigenvalue weighted by Crippen LogP contribution is 2.20. The van der Waals surface area contributed by atoms with E-state index in [9.17, 15) is 19.8 Å². The van der Waals surface area contributed by atoms with Gasteiger partial charge in [-0.2, -0.15) is 0 Å². The summed E-state index contributed by atoms with van der Waals surface area (Å²) in [5.74, 6) is -0.0219. The molecule has 0 saturated heterocycles. The first-order valence-electron chi connectivity index (χ1n) is 40.9. The number of hydrogen-bond donors (Lipinski definition) is 3. The molecule has 90 heavy (non-hydrogen) atoms. The third-order valence-electron chi connectivity index (χ3n) is 19.1. The van der Waals surface area contributed by atoms with Crippen molar-refractivity contribution in [3.63, 3.8) is 0 Å². The first-order chi connectivity index (χ1) is 44.5. The minimum absolute atomic E-state index is 0.00574. The summed E-state index contributed by atoms with van der Waals surface area (Å²) in [5.41, 5.74) is 0. The summed E-state index contributed by atoms with van der Waals surface area (Å²) in [7, 11) is 0. The Morgan fingerprint density at radius 2 is 0.556 bits per heavy atom. The molecule has 0 aliphatic carbocycles. The van der Waals surface area contributed by atoms with Gasteiger partial charge in [0.25, 0.3) is 0 Å². The van der Waals surface area contributed by atoms with E-state index in [1.165, 1.54) is 360 Å². The van der Waals surface area contributed by atoms with Gasteiger partial charge in [0.05, 0.1) is 25.4 Å². The molecule has 0 heterocycles. The molecule has 0 aromatic carbocycles. The van der Waals surface area contributed by atoms with Crippen molar-refractivity contribution in [3.8, 4) is 0 Å². The van der Waals surface area contributed by atoms with Crippen LogP contribution < -0.4 is 5.32 Å². The maximum Gasteiger partial charge on any atom is 0.305 e. The number of hydrogen-bond acceptors (Lipinski definition) is 5. The Labute approximate surface area is 563 Å². The standard InChI is InChI=1S/C84H159NO5/c1-3-5-7-9-11-13-15-17-19-21-22-42-45-48-52-56-60-64-68-72-76-82(87)81(80-86)85-83(88)77-73-69-65-61-57-53-49-46-43-40-38-36-34-32-30-28-26-24-23-25-27-29-31-33-35-37-39-41-44-47-51-55-59-63-67-71-75-79-90-84(89)78-74-70-66-62-58-54-50-20-18-16-14-12-10-8-6-4-2/h14,16,20,23,25,29,31,50,81-82,86-87H,3-13,15,17-19,21-22,24,26-28,30,32-49,51-80H2,1-2H3,(H,85,88)/b16-14-,25-23-,31-29-,50-20-. The fourth-order valence-corrected chi connectivity index (χ4v) is 12.9. The molecule has 2 unspecified atom stereocenters. The van der Waals surface area contributed by atoms with E-state index in [4.69, 9.17) is 4.74 Å². The Hall–Kier alpha value is -2.18. The lowest BCUT2D eigenvalue weighted by atomic mass is 10.0. The number of rotatable bonds is 77. The number of esters is 1. The predicted octanol–water partition coefficient (Wildman–Crippen LogP) is 27.2. The van der Waals surface area contributed by atoms with E-state index in [0.717, 1.165) is 57.8 Å². The van der Waals surface area contributed by atoms with Gasteiger partial charge in [0, 0.05) is 12.8 Å². The van der Waals surface area contributed by atoms with Gasteiger partial charge in [-0.1, -0.05) is 396 Å². The van der Waals surface area contributed by atoms with Crippen LogP contribution >= 0.6 is 0 Å². The molecule has 0 aromatic rings. The van der Waals surface area contributed by atoms with Crippen molar-refractivity contribution in [1.82, 2.24) is 5.32 Å². The summed E-state index contributed by atoms with van der Waals surface area (Å²) in [6.45, 7) is 4.97. The van der Waals surface area contributed by atoms with Gasteiger partial charge in [-0.05, 0) is 89.9 Å². The van der Waals surface area contributed by atoms with Crippen LogP contribution in [-0.4, -0.2) is 47.4 Å². The summed E-state index contributed by atoms with van der Waals surface area (Å²) >= 11 is 0. The summed E-state index contributed by atoms with van der Waals surface area (Å²) < 4.78 is 5.50. The topological polar surface area (TPSA) is 95.9 Å². The maximum absolute atomic E-state index is 12.6. The number of ether oxygens (including phenoxy) is 1. The van der Waals surface area contributed by atoms with Crippen LogP contribution in [-0.2, 0) is 14.3 Å². The third kappa shape index (κ3) is 74.9. The monoisotopic (exact) mass is 1260 g/mol. The first kappa shape index (κ1) is 87.8. The lowest BCUT2D eigenvalue weighted by Gasteiger charge is -2.22. The van der Waals surface area contributed by atoms with Gasteiger partial charge in [0.15, 0.2) is 0 Å². The van der Waals surface area contributed by atoms with Crippen LogP contribution in [0.15, 0.2) is 48.6 Å². The van der Waals surface area contributed by atoms with E-state index in [2.05, 4.69) is 67.8 Å². The van der Waals surface area contributed by atoms with Crippen LogP contribution in [0, 0.1) is 0 Å². The van der Waals surface area contributed by atoms with Gasteiger partial charge in [-0.15, -0.1) is 0 Å². The molecule has 0 saturated carbocycles. The number of nitrogens with one attached hydrogen (secondary N) is 1. The third-order valence-corrected chi connectivity index (χ3v) is 19.1. The number of aliphatic hydroxyl groups is 2. The van der Waals surface area contributed by atoms with Crippen molar-refractivity contribution >= 4 is 11.9 Å². The number of unbranched alkanes of at least 4 members (excludes halogenated alkanes) is 58. The van der Waals surface area contributed by atoms with Crippen LogP contribution in [0.4, 0.5) is 0 Å². The van der Waals surface area contributed by atoms with Gasteiger partial charge in [-0.3, -0.25) is 9.59 Å². The number of carbonyl (C=O) groups is 2. The van der Waals surface area contributed by atoms with Crippen LogP contribution in [0.25, 0.3) is 0 Å². The molecule has 0 aliphatic heterocycles. The number of allylic oxidation sites excluding steroid dienone is 8. The van der Waals surface area contributed by atoms with Gasteiger partial charge in [0.2, 0.25) is 5.91 Å². The largest absolute Gasteiger partial charge is 0.466 e. The Balaban J connectivity index is 3.37. The number of carbonyl (C=O) groups excluding carboxylic acids is 2. The Kier molecular flexibility index (Phi) is 77.3. The molecule has 0 aromatic heterocycles. The average Bonchev–Trinajstić information content (AvgIpc) is 3.68. The molecule has 0 fully saturated rings. The summed E-state index contributed by atoms with van der Waals surface area (Å²) in [4.78, 5) is 24.7. The number of amides is 1. The zero-order chi connectivity index (χ0) is 64.9. The molecule has 0 radical (unpaired) electrons. The van der Waals surface area contributed by atoms with E-state index in [1.54, 1.807) is 0 Å². The highest BCUT2D eigenvalue weighted by Gasteiger charge is 2.20. The van der Waals surface area contributed by atoms with Gasteiger partial charge in [-0.25, -0.2) is 0 Å². The molecule has 0 spiro atoms. The van der Waals surface area contributed by atoms with Crippen molar-refractivity contribution in [2.75, 3.05) is 13.2 Å². The smallest absolute Gasteiger partial charge is 0.305 e. The summed E-state index contributed by atoms with van der Waals surface area (Å²) in [6.07, 6.45) is 105. The first-order valence-corrected chi connectivity index (χ1v) is 40.9. The highest BCUT2D eigenvalue weighted by molar-refractivity contribution is 5.76. The molecule has 530 valence electrons. The van der Waals surface area contributed by atoms with Crippen molar-refractivity contribution < 1.29 is 24.5 Å². The second kappa shape index (κ2) is 79.3. The zero-order valence-corrected chi connectivity index (χ0v) is 60.9. The maximum atomic E-state index is 12.6. The van der Waals surface area contributed by atoms with Crippen LogP contribution in [0.3, 0.4) is 0 Å². The summed E-state index contributed by atoms with van der Waals surface area (Å²) in [6, 6.07) is -0.541. The van der Waals surface area contributed by atoms with Crippen LogP contribution in [0.1, 0.15) is 450 Å². The number of aliphatic hydroxyl groups excluding tert-OH is 2. The van der Waals surface area contributed by atoms with Crippen LogP contribution in [0.5, 0.6) is 0 Å². The lowest BCUT2D eigenvalue weighted by molar-refractivity contribution is -0.143. The average molecular weight is 1260 g/mol.